The topological polar surface area (TPSA) is 88.6 Å². The van der Waals surface area contributed by atoms with Gasteiger partial charge in [0.2, 0.25) is 5.91 Å². The molecule has 92 valence electrons. The van der Waals surface area contributed by atoms with Crippen LogP contribution in [0.5, 0.6) is 0 Å². The number of hydrogen-bond donors (Lipinski definition) is 2. The number of carbonyl (C=O) groups excluding carboxylic acids is 2. The number of rotatable bonds is 3. The summed E-state index contributed by atoms with van der Waals surface area (Å²) < 4.78 is 5.39. The van der Waals surface area contributed by atoms with Gasteiger partial charge >= 0.3 is 5.91 Å². The van der Waals surface area contributed by atoms with Crippen molar-refractivity contribution in [3.8, 4) is 0 Å². The Bertz CT molecular complexity index is 453. The summed E-state index contributed by atoms with van der Waals surface area (Å²) >= 11 is 0. The molecular weight excluding hydrogens is 222 g/mol. The second-order valence-electron chi connectivity index (χ2n) is 4.12. The zero-order chi connectivity index (χ0) is 12.4. The molecule has 1 aromatic heterocycles. The van der Waals surface area contributed by atoms with Crippen molar-refractivity contribution < 1.29 is 14.0 Å². The highest BCUT2D eigenvalue weighted by molar-refractivity contribution is 5.92. The van der Waals surface area contributed by atoms with Gasteiger partial charge in [-0.15, -0.1) is 0 Å². The van der Waals surface area contributed by atoms with Gasteiger partial charge in [-0.1, -0.05) is 0 Å². The van der Waals surface area contributed by atoms with Crippen LogP contribution in [0.4, 0.5) is 0 Å². The minimum Gasteiger partial charge on any atom is -0.454 e. The van der Waals surface area contributed by atoms with E-state index in [2.05, 4.69) is 0 Å². The Morgan fingerprint density at radius 2 is 2.41 bits per heavy atom. The van der Waals surface area contributed by atoms with Gasteiger partial charge in [-0.25, -0.2) is 5.84 Å². The minimum atomic E-state index is -0.457. The molecule has 0 saturated carbocycles. The average Bonchev–Trinajstić information content (AvgIpc) is 2.86. The summed E-state index contributed by atoms with van der Waals surface area (Å²) in [5.74, 6) is 5.53. The number of aryl methyl sites for hydroxylation is 1. The van der Waals surface area contributed by atoms with Crippen LogP contribution >= 0.6 is 0 Å². The first-order valence-corrected chi connectivity index (χ1v) is 5.50. The number of nitrogens with zero attached hydrogens (tertiary/aromatic N) is 1. The summed E-state index contributed by atoms with van der Waals surface area (Å²) in [5.41, 5.74) is 2.74. The van der Waals surface area contributed by atoms with E-state index in [0.29, 0.717) is 18.7 Å². The Morgan fingerprint density at radius 3 is 3.00 bits per heavy atom. The van der Waals surface area contributed by atoms with E-state index in [1.807, 2.05) is 5.43 Å². The predicted octanol–water partition coefficient (Wildman–Crippen LogP) is 0.314. The van der Waals surface area contributed by atoms with E-state index in [4.69, 9.17) is 10.3 Å². The van der Waals surface area contributed by atoms with Crippen LogP contribution in [-0.4, -0.2) is 23.3 Å². The molecule has 6 nitrogen and oxygen atoms in total. The third-order valence-corrected chi connectivity index (χ3v) is 2.82. The summed E-state index contributed by atoms with van der Waals surface area (Å²) in [7, 11) is 0. The fraction of sp³-hybridized carbons (Fsp3) is 0.455. The van der Waals surface area contributed by atoms with Crippen LogP contribution in [0.3, 0.4) is 0 Å². The van der Waals surface area contributed by atoms with Crippen LogP contribution in [0, 0.1) is 6.92 Å². The van der Waals surface area contributed by atoms with Crippen LogP contribution in [-0.2, 0) is 11.3 Å². The molecule has 1 fully saturated rings. The van der Waals surface area contributed by atoms with Crippen LogP contribution in [0.2, 0.25) is 0 Å². The zero-order valence-corrected chi connectivity index (χ0v) is 9.66. The molecular formula is C11H15N3O3. The highest BCUT2D eigenvalue weighted by atomic mass is 16.4. The Balaban J connectivity index is 2.12. The van der Waals surface area contributed by atoms with Gasteiger partial charge in [-0.3, -0.25) is 15.0 Å². The smallest absolute Gasteiger partial charge is 0.301 e. The molecule has 1 aromatic rings. The monoisotopic (exact) mass is 237 g/mol. The minimum absolute atomic E-state index is 0.129. The number of hydrazine groups is 1. The van der Waals surface area contributed by atoms with Gasteiger partial charge in [0.1, 0.15) is 5.76 Å². The first-order valence-electron chi connectivity index (χ1n) is 5.50. The quantitative estimate of drug-likeness (QED) is 0.450. The molecule has 0 aromatic carbocycles. The zero-order valence-electron chi connectivity index (χ0n) is 9.66. The summed E-state index contributed by atoms with van der Waals surface area (Å²) in [6.45, 7) is 2.93. The second kappa shape index (κ2) is 4.58. The number of furan rings is 1. The molecule has 0 aliphatic carbocycles. The number of likely N-dealkylation sites (tertiary alicyclic amines) is 1. The molecule has 6 heteroatoms. The van der Waals surface area contributed by atoms with E-state index >= 15 is 0 Å². The lowest BCUT2D eigenvalue weighted by molar-refractivity contribution is -0.128. The number of nitrogen functional groups attached to an aromatic ring is 1. The predicted molar refractivity (Wildman–Crippen MR) is 59.7 cm³/mol. The van der Waals surface area contributed by atoms with E-state index < -0.39 is 5.91 Å². The second-order valence-corrected chi connectivity index (χ2v) is 4.12. The Kier molecular flexibility index (Phi) is 3.14. The normalized spacial score (nSPS) is 15.4. The van der Waals surface area contributed by atoms with E-state index in [-0.39, 0.29) is 11.7 Å². The van der Waals surface area contributed by atoms with Crippen LogP contribution in [0.25, 0.3) is 0 Å². The van der Waals surface area contributed by atoms with Gasteiger partial charge in [0.25, 0.3) is 0 Å². The highest BCUT2D eigenvalue weighted by Gasteiger charge is 2.22. The lowest BCUT2D eigenvalue weighted by Crippen LogP contribution is -2.30. The maximum atomic E-state index is 11.4. The number of carbonyl (C=O) groups is 2. The average molecular weight is 237 g/mol. The van der Waals surface area contributed by atoms with Crippen molar-refractivity contribution in [1.82, 2.24) is 10.3 Å². The molecule has 0 bridgehead atoms. The van der Waals surface area contributed by atoms with Gasteiger partial charge in [0.05, 0.1) is 6.54 Å². The van der Waals surface area contributed by atoms with Crippen LogP contribution in [0.1, 0.15) is 34.7 Å². The maximum Gasteiger partial charge on any atom is 0.301 e. The van der Waals surface area contributed by atoms with Gasteiger partial charge in [-0.05, 0) is 19.4 Å². The van der Waals surface area contributed by atoms with Crippen LogP contribution in [0.15, 0.2) is 10.5 Å². The molecule has 1 aliphatic rings. The number of nitrogens with one attached hydrogen (secondary N) is 1. The standard InChI is InChI=1S/C11H15N3O3/c1-7-5-8(17-10(7)11(16)13-12)6-14-4-2-3-9(14)15/h5H,2-4,6,12H2,1H3,(H,13,16). The Labute approximate surface area is 98.7 Å². The largest absolute Gasteiger partial charge is 0.454 e. The lowest BCUT2D eigenvalue weighted by Gasteiger charge is -2.12. The molecule has 0 spiro atoms. The summed E-state index contributed by atoms with van der Waals surface area (Å²) in [5, 5.41) is 0. The number of hydrogen-bond acceptors (Lipinski definition) is 4. The molecule has 3 N–H and O–H groups in total. The molecule has 0 unspecified atom stereocenters. The van der Waals surface area contributed by atoms with E-state index in [1.54, 1.807) is 17.9 Å². The van der Waals surface area contributed by atoms with Crippen molar-refractivity contribution in [2.45, 2.75) is 26.3 Å². The summed E-state index contributed by atoms with van der Waals surface area (Å²) in [6.07, 6.45) is 1.48. The molecule has 2 heterocycles. The van der Waals surface area contributed by atoms with E-state index in [0.717, 1.165) is 18.5 Å². The highest BCUT2D eigenvalue weighted by Crippen LogP contribution is 2.19. The molecule has 2 rings (SSSR count). The van der Waals surface area contributed by atoms with Gasteiger partial charge < -0.3 is 9.32 Å². The molecule has 2 amide bonds. The van der Waals surface area contributed by atoms with Crippen molar-refractivity contribution in [2.24, 2.45) is 5.84 Å². The fourth-order valence-electron chi connectivity index (χ4n) is 1.98. The lowest BCUT2D eigenvalue weighted by atomic mass is 10.2. The first kappa shape index (κ1) is 11.7. The first-order chi connectivity index (χ1) is 8.11. The molecule has 1 saturated heterocycles. The van der Waals surface area contributed by atoms with E-state index in [1.165, 1.54) is 0 Å². The van der Waals surface area contributed by atoms with Crippen molar-refractivity contribution in [2.75, 3.05) is 6.54 Å². The van der Waals surface area contributed by atoms with Crippen molar-refractivity contribution in [3.63, 3.8) is 0 Å². The fourth-order valence-corrected chi connectivity index (χ4v) is 1.98. The maximum absolute atomic E-state index is 11.4. The van der Waals surface area contributed by atoms with Gasteiger partial charge in [0.15, 0.2) is 5.76 Å². The summed E-state index contributed by atoms with van der Waals surface area (Å²) in [6, 6.07) is 1.76. The molecule has 0 radical (unpaired) electrons. The summed E-state index contributed by atoms with van der Waals surface area (Å²) in [4.78, 5) is 24.5. The number of amides is 2. The third kappa shape index (κ3) is 2.31. The molecule has 1 aliphatic heterocycles. The van der Waals surface area contributed by atoms with E-state index in [9.17, 15) is 9.59 Å². The molecule has 0 atom stereocenters. The van der Waals surface area contributed by atoms with Gasteiger partial charge in [0, 0.05) is 18.5 Å². The van der Waals surface area contributed by atoms with Crippen molar-refractivity contribution in [3.05, 3.63) is 23.2 Å². The molecule has 17 heavy (non-hydrogen) atoms. The third-order valence-electron chi connectivity index (χ3n) is 2.82. The Hall–Kier alpha value is -1.82. The van der Waals surface area contributed by atoms with Crippen LogP contribution < -0.4 is 11.3 Å². The van der Waals surface area contributed by atoms with Crippen molar-refractivity contribution >= 4 is 11.8 Å². The van der Waals surface area contributed by atoms with Gasteiger partial charge in [-0.2, -0.15) is 0 Å². The van der Waals surface area contributed by atoms with Crippen molar-refractivity contribution in [1.29, 1.82) is 0 Å². The SMILES string of the molecule is Cc1cc(CN2CCCC2=O)oc1C(=O)NN. The Morgan fingerprint density at radius 1 is 1.65 bits per heavy atom. The number of nitrogens with two attached hydrogens (primary N) is 1.